The summed E-state index contributed by atoms with van der Waals surface area (Å²) in [6.45, 7) is 0. The highest BCUT2D eigenvalue weighted by Gasteiger charge is 2.31. The van der Waals surface area contributed by atoms with Crippen LogP contribution in [-0.2, 0) is 13.2 Å². The molecule has 0 saturated carbocycles. The Balaban J connectivity index is 0.00000162. The van der Waals surface area contributed by atoms with Gasteiger partial charge in [0.05, 0.1) is 10.9 Å². The molecule has 0 unspecified atom stereocenters. The average Bonchev–Trinajstić information content (AvgIpc) is 2.28. The summed E-state index contributed by atoms with van der Waals surface area (Å²) in [5.41, 5.74) is -0.0227. The molecule has 0 aliphatic carbocycles. The maximum absolute atomic E-state index is 12.6. The summed E-state index contributed by atoms with van der Waals surface area (Å²) in [4.78, 5) is 0.979. The topological polar surface area (TPSA) is 3.88 Å². The molecule has 1 aromatic heterocycles. The fourth-order valence-electron chi connectivity index (χ4n) is 1.74. The van der Waals surface area contributed by atoms with Crippen LogP contribution in [0.5, 0.6) is 0 Å². The summed E-state index contributed by atoms with van der Waals surface area (Å²) in [5, 5.41) is 0.843. The normalized spacial score (nSPS) is 11.4. The molecule has 0 radical (unpaired) electrons. The maximum Gasteiger partial charge on any atom is 0.416 e. The number of hydrogen-bond donors (Lipinski definition) is 0. The van der Waals surface area contributed by atoms with Crippen LogP contribution in [0.3, 0.4) is 0 Å². The van der Waals surface area contributed by atoms with Crippen LogP contribution in [0.1, 0.15) is 5.56 Å². The van der Waals surface area contributed by atoms with Crippen LogP contribution in [-0.4, -0.2) is 6.26 Å². The smallest absolute Gasteiger partial charge is 0.416 e. The minimum Gasteiger partial charge on any atom is -1.00 e. The minimum atomic E-state index is -4.30. The molecule has 1 heterocycles. The number of benzene rings is 1. The second kappa shape index (κ2) is 5.64. The van der Waals surface area contributed by atoms with Gasteiger partial charge in [0.25, 0.3) is 0 Å². The van der Waals surface area contributed by atoms with Crippen molar-refractivity contribution in [1.29, 1.82) is 0 Å². The summed E-state index contributed by atoms with van der Waals surface area (Å²) in [5.74, 6) is 0. The van der Waals surface area contributed by atoms with Gasteiger partial charge in [-0.3, -0.25) is 0 Å². The van der Waals surface area contributed by atoms with E-state index in [1.165, 1.54) is 23.9 Å². The Hall–Kier alpha value is -0.500. The minimum absolute atomic E-state index is 0. The van der Waals surface area contributed by atoms with E-state index in [2.05, 4.69) is 0 Å². The molecule has 0 spiro atoms. The fourth-order valence-corrected chi connectivity index (χ4v) is 2.33. The van der Waals surface area contributed by atoms with E-state index in [4.69, 9.17) is 0 Å². The fraction of sp³-hybridized carbons (Fsp3) is 0.250. The van der Waals surface area contributed by atoms with Crippen molar-refractivity contribution in [3.63, 3.8) is 0 Å². The van der Waals surface area contributed by atoms with Gasteiger partial charge in [0, 0.05) is 17.0 Å². The third kappa shape index (κ3) is 2.90. The van der Waals surface area contributed by atoms with Gasteiger partial charge >= 0.3 is 6.18 Å². The SMILES string of the molecule is CSc1cc[n+](C)c2cc(C(F)(F)F)ccc12.[I-]. The molecule has 0 fully saturated rings. The molecule has 2 aromatic rings. The third-order valence-corrected chi connectivity index (χ3v) is 3.44. The number of alkyl halides is 3. The van der Waals surface area contributed by atoms with Gasteiger partial charge in [-0.2, -0.15) is 13.2 Å². The Morgan fingerprint density at radius 2 is 1.83 bits per heavy atom. The first-order chi connectivity index (χ1) is 7.93. The zero-order chi connectivity index (χ0) is 12.6. The number of nitrogens with zero attached hydrogens (tertiary/aromatic N) is 1. The average molecular weight is 385 g/mol. The highest BCUT2D eigenvalue weighted by molar-refractivity contribution is 7.98. The number of hydrogen-bond acceptors (Lipinski definition) is 1. The van der Waals surface area contributed by atoms with Crippen molar-refractivity contribution in [3.05, 3.63) is 36.0 Å². The van der Waals surface area contributed by atoms with Crippen LogP contribution in [0.2, 0.25) is 0 Å². The van der Waals surface area contributed by atoms with Crippen molar-refractivity contribution in [2.75, 3.05) is 6.26 Å². The molecule has 0 N–H and O–H groups in total. The van der Waals surface area contributed by atoms with Crippen LogP contribution < -0.4 is 28.5 Å². The molecule has 0 aliphatic rings. The van der Waals surface area contributed by atoms with Gasteiger partial charge in [-0.1, -0.05) is 0 Å². The zero-order valence-corrected chi connectivity index (χ0v) is 12.7. The maximum atomic E-state index is 12.6. The van der Waals surface area contributed by atoms with Crippen LogP contribution in [0, 0.1) is 0 Å². The zero-order valence-electron chi connectivity index (χ0n) is 9.75. The molecule has 0 aliphatic heterocycles. The molecule has 6 heteroatoms. The summed E-state index contributed by atoms with van der Waals surface area (Å²) in [6, 6.07) is 5.75. The highest BCUT2D eigenvalue weighted by Crippen LogP contribution is 2.32. The third-order valence-electron chi connectivity index (χ3n) is 2.64. The van der Waals surface area contributed by atoms with E-state index < -0.39 is 11.7 Å². The predicted octanol–water partition coefficient (Wildman–Crippen LogP) is 0.409. The van der Waals surface area contributed by atoms with Gasteiger partial charge in [-0.05, 0) is 18.4 Å². The Morgan fingerprint density at radius 1 is 1.17 bits per heavy atom. The molecule has 1 aromatic carbocycles. The molecule has 0 bridgehead atoms. The number of halogens is 4. The monoisotopic (exact) mass is 385 g/mol. The van der Waals surface area contributed by atoms with Crippen molar-refractivity contribution in [2.24, 2.45) is 7.05 Å². The van der Waals surface area contributed by atoms with Crippen LogP contribution in [0.25, 0.3) is 10.9 Å². The lowest BCUT2D eigenvalue weighted by Gasteiger charge is -2.08. The molecule has 2 rings (SSSR count). The van der Waals surface area contributed by atoms with Crippen molar-refractivity contribution in [1.82, 2.24) is 0 Å². The number of aryl methyl sites for hydroxylation is 1. The first kappa shape index (κ1) is 15.6. The molecule has 1 nitrogen and oxygen atoms in total. The highest BCUT2D eigenvalue weighted by atomic mass is 127. The molecule has 18 heavy (non-hydrogen) atoms. The number of aromatic nitrogens is 1. The van der Waals surface area contributed by atoms with Gasteiger partial charge in [-0.25, -0.2) is 4.57 Å². The second-order valence-electron chi connectivity index (χ2n) is 3.72. The van der Waals surface area contributed by atoms with Crippen molar-refractivity contribution < 1.29 is 41.7 Å². The number of rotatable bonds is 1. The Labute approximate surface area is 124 Å². The van der Waals surface area contributed by atoms with Gasteiger partial charge in [-0.15, -0.1) is 11.8 Å². The van der Waals surface area contributed by atoms with Gasteiger partial charge < -0.3 is 24.0 Å². The molecule has 0 saturated heterocycles. The number of pyridine rings is 1. The van der Waals surface area contributed by atoms with E-state index in [-0.39, 0.29) is 24.0 Å². The summed E-state index contributed by atoms with van der Waals surface area (Å²) >= 11 is 1.53. The standard InChI is InChI=1S/C12H11F3NS.HI/c1-16-6-5-11(17-2)9-4-3-8(7-10(9)16)12(13,14)15;/h3-7H,1-2H3;1H/q+1;/p-1. The van der Waals surface area contributed by atoms with Crippen molar-refractivity contribution in [2.45, 2.75) is 11.1 Å². The quantitative estimate of drug-likeness (QED) is 0.391. The van der Waals surface area contributed by atoms with Gasteiger partial charge in [0.2, 0.25) is 5.52 Å². The van der Waals surface area contributed by atoms with Crippen LogP contribution >= 0.6 is 11.8 Å². The summed E-state index contributed by atoms with van der Waals surface area (Å²) < 4.78 is 39.5. The second-order valence-corrected chi connectivity index (χ2v) is 4.57. The number of fused-ring (bicyclic) bond motifs is 1. The van der Waals surface area contributed by atoms with E-state index in [1.54, 1.807) is 17.8 Å². The summed E-state index contributed by atoms with van der Waals surface area (Å²) in [7, 11) is 1.74. The van der Waals surface area contributed by atoms with Gasteiger partial charge in [0.15, 0.2) is 6.20 Å². The lowest BCUT2D eigenvalue weighted by Crippen LogP contribution is -3.00. The number of thioether (sulfide) groups is 1. The molecule has 98 valence electrons. The first-order valence-corrected chi connectivity index (χ1v) is 6.19. The van der Waals surface area contributed by atoms with E-state index in [0.29, 0.717) is 5.52 Å². The first-order valence-electron chi connectivity index (χ1n) is 4.97. The lowest BCUT2D eigenvalue weighted by molar-refractivity contribution is -0.645. The van der Waals surface area contributed by atoms with E-state index in [0.717, 1.165) is 16.3 Å². The molecular weight excluding hydrogens is 374 g/mol. The van der Waals surface area contributed by atoms with E-state index in [1.807, 2.05) is 12.3 Å². The van der Waals surface area contributed by atoms with Gasteiger partial charge in [0.1, 0.15) is 7.05 Å². The lowest BCUT2D eigenvalue weighted by atomic mass is 10.1. The summed E-state index contributed by atoms with van der Waals surface area (Å²) in [6.07, 6.45) is -0.614. The Bertz CT molecular complexity index is 569. The Morgan fingerprint density at radius 3 is 2.39 bits per heavy atom. The van der Waals surface area contributed by atoms with E-state index in [9.17, 15) is 13.2 Å². The van der Waals surface area contributed by atoms with Crippen LogP contribution in [0.4, 0.5) is 13.2 Å². The van der Waals surface area contributed by atoms with E-state index >= 15 is 0 Å². The largest absolute Gasteiger partial charge is 1.00 e. The van der Waals surface area contributed by atoms with Crippen molar-refractivity contribution in [3.8, 4) is 0 Å². The molecule has 0 amide bonds. The van der Waals surface area contributed by atoms with Crippen LogP contribution in [0.15, 0.2) is 35.4 Å². The molecular formula is C12H11F3INS. The predicted molar refractivity (Wildman–Crippen MR) is 61.9 cm³/mol. The van der Waals surface area contributed by atoms with Crippen molar-refractivity contribution >= 4 is 22.7 Å². The molecule has 0 atom stereocenters. The Kier molecular flexibility index (Phi) is 4.88.